The molecule has 70 valence electrons. The molecule has 2 aliphatic rings. The summed E-state index contributed by atoms with van der Waals surface area (Å²) in [5, 5.41) is 13.3. The van der Waals surface area contributed by atoms with E-state index in [1.807, 2.05) is 13.8 Å². The lowest BCUT2D eigenvalue weighted by Gasteiger charge is -2.26. The molecule has 2 fully saturated rings. The Balaban J connectivity index is 1.91. The van der Waals surface area contributed by atoms with Crippen LogP contribution in [0.15, 0.2) is 0 Å². The normalized spacial score (nSPS) is 40.8. The number of nitrogens with one attached hydrogen (secondary N) is 1. The molecule has 3 atom stereocenters. The lowest BCUT2D eigenvalue weighted by atomic mass is 9.82. The van der Waals surface area contributed by atoms with E-state index in [4.69, 9.17) is 0 Å². The summed E-state index contributed by atoms with van der Waals surface area (Å²) in [4.78, 5) is 0. The Kier molecular flexibility index (Phi) is 1.92. The zero-order valence-corrected chi connectivity index (χ0v) is 8.01. The molecular weight excluding hydrogens is 150 g/mol. The van der Waals surface area contributed by atoms with Crippen molar-refractivity contribution in [3.05, 3.63) is 0 Å². The molecule has 0 aliphatic carbocycles. The first-order chi connectivity index (χ1) is 5.54. The highest BCUT2D eigenvalue weighted by Gasteiger charge is 2.40. The molecule has 0 saturated carbocycles. The van der Waals surface area contributed by atoms with Gasteiger partial charge in [0, 0.05) is 12.1 Å². The molecular formula is C10H19NO. The fourth-order valence-electron chi connectivity index (χ4n) is 2.80. The molecule has 0 aromatic rings. The number of fused-ring (bicyclic) bond motifs is 2. The zero-order valence-electron chi connectivity index (χ0n) is 8.01. The molecule has 12 heavy (non-hydrogen) atoms. The minimum Gasteiger partial charge on any atom is -0.390 e. The predicted octanol–water partition coefficient (Wildman–Crippen LogP) is 1.29. The van der Waals surface area contributed by atoms with Gasteiger partial charge in [-0.1, -0.05) is 0 Å². The second-order valence-electron chi connectivity index (χ2n) is 5.06. The molecule has 0 aromatic heterocycles. The molecule has 2 rings (SSSR count). The first-order valence-corrected chi connectivity index (χ1v) is 5.03. The minimum absolute atomic E-state index is 0.475. The average Bonchev–Trinajstić information content (AvgIpc) is 2.42. The van der Waals surface area contributed by atoms with Crippen molar-refractivity contribution in [1.82, 2.24) is 5.32 Å². The molecule has 0 spiro atoms. The molecule has 2 heteroatoms. The Labute approximate surface area is 74.4 Å². The first-order valence-electron chi connectivity index (χ1n) is 5.03. The fraction of sp³-hybridized carbons (Fsp3) is 1.00. The van der Waals surface area contributed by atoms with Crippen LogP contribution in [0.25, 0.3) is 0 Å². The van der Waals surface area contributed by atoms with Gasteiger partial charge in [0.2, 0.25) is 0 Å². The van der Waals surface area contributed by atoms with E-state index in [0.29, 0.717) is 6.04 Å². The van der Waals surface area contributed by atoms with E-state index >= 15 is 0 Å². The average molecular weight is 169 g/mol. The van der Waals surface area contributed by atoms with Crippen LogP contribution >= 0.6 is 0 Å². The van der Waals surface area contributed by atoms with E-state index in [2.05, 4.69) is 5.32 Å². The third kappa shape index (κ3) is 1.64. The summed E-state index contributed by atoms with van der Waals surface area (Å²) >= 11 is 0. The Hall–Kier alpha value is -0.0800. The van der Waals surface area contributed by atoms with Gasteiger partial charge >= 0.3 is 0 Å². The summed E-state index contributed by atoms with van der Waals surface area (Å²) < 4.78 is 0. The van der Waals surface area contributed by atoms with Gasteiger partial charge in [-0.15, -0.1) is 0 Å². The first kappa shape index (κ1) is 8.52. The molecule has 0 unspecified atom stereocenters. The molecule has 0 radical (unpaired) electrons. The summed E-state index contributed by atoms with van der Waals surface area (Å²) in [5.74, 6) is 0.726. The molecule has 0 amide bonds. The number of aliphatic hydroxyl groups is 1. The van der Waals surface area contributed by atoms with Crippen LogP contribution in [0.5, 0.6) is 0 Å². The van der Waals surface area contributed by atoms with Crippen LogP contribution in [-0.2, 0) is 0 Å². The van der Waals surface area contributed by atoms with E-state index in [1.165, 1.54) is 19.3 Å². The van der Waals surface area contributed by atoms with Gasteiger partial charge in [-0.2, -0.15) is 0 Å². The molecule has 2 N–H and O–H groups in total. The quantitative estimate of drug-likeness (QED) is 0.653. The molecule has 2 aliphatic heterocycles. The molecule has 2 heterocycles. The molecule has 2 nitrogen and oxygen atoms in total. The second-order valence-corrected chi connectivity index (χ2v) is 5.06. The lowest BCUT2D eigenvalue weighted by Crippen LogP contribution is -2.30. The number of hydrogen-bond donors (Lipinski definition) is 2. The van der Waals surface area contributed by atoms with Crippen LogP contribution in [0.3, 0.4) is 0 Å². The maximum absolute atomic E-state index is 9.68. The van der Waals surface area contributed by atoms with Crippen molar-refractivity contribution < 1.29 is 5.11 Å². The highest BCUT2D eigenvalue weighted by molar-refractivity contribution is 4.98. The van der Waals surface area contributed by atoms with E-state index in [0.717, 1.165) is 18.4 Å². The van der Waals surface area contributed by atoms with Crippen molar-refractivity contribution in [3.63, 3.8) is 0 Å². The van der Waals surface area contributed by atoms with Crippen molar-refractivity contribution in [2.24, 2.45) is 5.92 Å². The van der Waals surface area contributed by atoms with Gasteiger partial charge < -0.3 is 10.4 Å². The van der Waals surface area contributed by atoms with Gasteiger partial charge in [0.1, 0.15) is 0 Å². The maximum Gasteiger partial charge on any atom is 0.0595 e. The van der Waals surface area contributed by atoms with E-state index in [9.17, 15) is 5.11 Å². The minimum atomic E-state index is -0.475. The Morgan fingerprint density at radius 1 is 1.42 bits per heavy atom. The maximum atomic E-state index is 9.68. The van der Waals surface area contributed by atoms with Gasteiger partial charge in [0.05, 0.1) is 5.60 Å². The Morgan fingerprint density at radius 3 is 2.58 bits per heavy atom. The Bertz CT molecular complexity index is 173. The molecule has 2 bridgehead atoms. The van der Waals surface area contributed by atoms with Crippen LogP contribution in [-0.4, -0.2) is 22.8 Å². The van der Waals surface area contributed by atoms with E-state index in [-0.39, 0.29) is 0 Å². The SMILES string of the molecule is CC(C)(O)C[C@H]1C[C@H]2CC[C@@H]1N2. The van der Waals surface area contributed by atoms with Crippen LogP contribution in [0, 0.1) is 5.92 Å². The lowest BCUT2D eigenvalue weighted by molar-refractivity contribution is 0.0482. The Morgan fingerprint density at radius 2 is 2.17 bits per heavy atom. The van der Waals surface area contributed by atoms with Crippen LogP contribution < -0.4 is 5.32 Å². The van der Waals surface area contributed by atoms with Crippen molar-refractivity contribution in [2.75, 3.05) is 0 Å². The monoisotopic (exact) mass is 169 g/mol. The highest BCUT2D eigenvalue weighted by atomic mass is 16.3. The predicted molar refractivity (Wildman–Crippen MR) is 49.0 cm³/mol. The summed E-state index contributed by atoms with van der Waals surface area (Å²) in [5.41, 5.74) is -0.475. The number of rotatable bonds is 2. The summed E-state index contributed by atoms with van der Waals surface area (Å²) in [6.07, 6.45) is 4.92. The highest BCUT2D eigenvalue weighted by Crippen LogP contribution is 2.37. The van der Waals surface area contributed by atoms with Gasteiger partial charge in [-0.25, -0.2) is 0 Å². The fourth-order valence-corrected chi connectivity index (χ4v) is 2.80. The van der Waals surface area contributed by atoms with Crippen molar-refractivity contribution in [1.29, 1.82) is 0 Å². The van der Waals surface area contributed by atoms with Crippen LogP contribution in [0.2, 0.25) is 0 Å². The topological polar surface area (TPSA) is 32.3 Å². The van der Waals surface area contributed by atoms with E-state index in [1.54, 1.807) is 0 Å². The second kappa shape index (κ2) is 2.71. The third-order valence-electron chi connectivity index (χ3n) is 3.19. The number of hydrogen-bond acceptors (Lipinski definition) is 2. The van der Waals surface area contributed by atoms with Gasteiger partial charge in [0.25, 0.3) is 0 Å². The van der Waals surface area contributed by atoms with Crippen LogP contribution in [0.1, 0.15) is 39.5 Å². The van der Waals surface area contributed by atoms with Gasteiger partial charge in [-0.05, 0) is 45.4 Å². The van der Waals surface area contributed by atoms with Crippen molar-refractivity contribution in [3.8, 4) is 0 Å². The van der Waals surface area contributed by atoms with Gasteiger partial charge in [-0.3, -0.25) is 0 Å². The third-order valence-corrected chi connectivity index (χ3v) is 3.19. The molecule has 2 saturated heterocycles. The van der Waals surface area contributed by atoms with Gasteiger partial charge in [0.15, 0.2) is 0 Å². The smallest absolute Gasteiger partial charge is 0.0595 e. The molecule has 0 aromatic carbocycles. The largest absolute Gasteiger partial charge is 0.390 e. The van der Waals surface area contributed by atoms with Crippen molar-refractivity contribution in [2.45, 2.75) is 57.2 Å². The van der Waals surface area contributed by atoms with Crippen molar-refractivity contribution >= 4 is 0 Å². The van der Waals surface area contributed by atoms with Crippen LogP contribution in [0.4, 0.5) is 0 Å². The standard InChI is InChI=1S/C10H19NO/c1-10(2,12)6-7-5-8-3-4-9(7)11-8/h7-9,11-12H,3-6H2,1-2H3/t7-,8-,9+/m1/s1. The summed E-state index contributed by atoms with van der Waals surface area (Å²) in [6, 6.07) is 1.48. The summed E-state index contributed by atoms with van der Waals surface area (Å²) in [7, 11) is 0. The summed E-state index contributed by atoms with van der Waals surface area (Å²) in [6.45, 7) is 3.83. The van der Waals surface area contributed by atoms with E-state index < -0.39 is 5.60 Å². The zero-order chi connectivity index (χ0) is 8.77.